The van der Waals surface area contributed by atoms with E-state index in [1.54, 1.807) is 30.5 Å². The maximum atomic E-state index is 13.6. The molecular weight excluding hydrogens is 454 g/mol. The Morgan fingerprint density at radius 2 is 1.86 bits per heavy atom. The summed E-state index contributed by atoms with van der Waals surface area (Å²) in [5.41, 5.74) is 1.41. The summed E-state index contributed by atoms with van der Waals surface area (Å²) in [4.78, 5) is 32.1. The van der Waals surface area contributed by atoms with Crippen LogP contribution in [-0.2, 0) is 0 Å². The standard InChI is InChI=1S/C25H24F2N6O2/c1-31(2)18-4-3-9-32(13-18)25(35)15-5-7-17(8-6-15)33-14-23(29-30-33)19-10-16-11-20(26)21(27)12-22(16)28-24(19)34/h5-8,10-12,14,18H,3-4,9,13H2,1-2H3,(H,28,34). The third kappa shape index (κ3) is 4.44. The van der Waals surface area contributed by atoms with Crippen molar-refractivity contribution >= 4 is 16.8 Å². The molecule has 35 heavy (non-hydrogen) atoms. The number of piperidine rings is 1. The minimum Gasteiger partial charge on any atom is -0.337 e. The fourth-order valence-electron chi connectivity index (χ4n) is 4.40. The molecule has 1 amide bonds. The number of carbonyl (C=O) groups is 1. The molecule has 1 aliphatic heterocycles. The molecule has 180 valence electrons. The van der Waals surface area contributed by atoms with Gasteiger partial charge in [-0.3, -0.25) is 9.59 Å². The minimum absolute atomic E-state index is 0.00579. The van der Waals surface area contributed by atoms with Crippen LogP contribution >= 0.6 is 0 Å². The molecule has 1 saturated heterocycles. The van der Waals surface area contributed by atoms with E-state index in [9.17, 15) is 18.4 Å². The van der Waals surface area contributed by atoms with Crippen molar-refractivity contribution in [2.75, 3.05) is 27.2 Å². The van der Waals surface area contributed by atoms with Crippen molar-refractivity contribution in [2.24, 2.45) is 0 Å². The Kier molecular flexibility index (Phi) is 5.89. The van der Waals surface area contributed by atoms with Gasteiger partial charge in [-0.1, -0.05) is 5.21 Å². The predicted molar refractivity (Wildman–Crippen MR) is 127 cm³/mol. The van der Waals surface area contributed by atoms with Crippen LogP contribution in [0.15, 0.2) is 53.5 Å². The van der Waals surface area contributed by atoms with Crippen LogP contribution in [0.25, 0.3) is 27.8 Å². The van der Waals surface area contributed by atoms with Gasteiger partial charge in [0.25, 0.3) is 11.5 Å². The van der Waals surface area contributed by atoms with Crippen LogP contribution in [-0.4, -0.2) is 68.9 Å². The van der Waals surface area contributed by atoms with Crippen molar-refractivity contribution in [2.45, 2.75) is 18.9 Å². The van der Waals surface area contributed by atoms with E-state index in [2.05, 4.69) is 20.2 Å². The molecule has 0 radical (unpaired) electrons. The van der Waals surface area contributed by atoms with Crippen LogP contribution in [0.5, 0.6) is 0 Å². The fraction of sp³-hybridized carbons (Fsp3) is 0.280. The van der Waals surface area contributed by atoms with E-state index in [0.29, 0.717) is 29.2 Å². The van der Waals surface area contributed by atoms with Gasteiger partial charge in [0.2, 0.25) is 0 Å². The van der Waals surface area contributed by atoms with Crippen LogP contribution in [0.1, 0.15) is 23.2 Å². The molecule has 1 unspecified atom stereocenters. The Morgan fingerprint density at radius 1 is 1.11 bits per heavy atom. The number of likely N-dealkylation sites (N-methyl/N-ethyl adjacent to an activating group) is 1. The average molecular weight is 479 g/mol. The first-order valence-electron chi connectivity index (χ1n) is 11.3. The average Bonchev–Trinajstić information content (AvgIpc) is 3.34. The fourth-order valence-corrected chi connectivity index (χ4v) is 4.40. The molecule has 3 heterocycles. The predicted octanol–water partition coefficient (Wildman–Crippen LogP) is 3.22. The first-order chi connectivity index (χ1) is 16.8. The molecule has 1 aliphatic rings. The van der Waals surface area contributed by atoms with E-state index in [1.807, 2.05) is 19.0 Å². The highest BCUT2D eigenvalue weighted by molar-refractivity contribution is 5.94. The number of halogens is 2. The summed E-state index contributed by atoms with van der Waals surface area (Å²) < 4.78 is 28.6. The van der Waals surface area contributed by atoms with E-state index in [0.717, 1.165) is 31.5 Å². The first-order valence-corrected chi connectivity index (χ1v) is 11.3. The van der Waals surface area contributed by atoms with Gasteiger partial charge in [0.15, 0.2) is 11.6 Å². The second-order valence-electron chi connectivity index (χ2n) is 8.97. The van der Waals surface area contributed by atoms with Crippen LogP contribution in [0, 0.1) is 11.6 Å². The molecule has 4 aromatic rings. The number of nitrogens with one attached hydrogen (secondary N) is 1. The molecule has 0 spiro atoms. The summed E-state index contributed by atoms with van der Waals surface area (Å²) in [5.74, 6) is -2.05. The number of pyridine rings is 1. The van der Waals surface area contributed by atoms with E-state index in [-0.39, 0.29) is 22.7 Å². The number of H-pyrrole nitrogens is 1. The van der Waals surface area contributed by atoms with E-state index >= 15 is 0 Å². The number of aromatic nitrogens is 4. The highest BCUT2D eigenvalue weighted by Crippen LogP contribution is 2.22. The molecule has 8 nitrogen and oxygen atoms in total. The summed E-state index contributed by atoms with van der Waals surface area (Å²) in [6, 6.07) is 10.8. The summed E-state index contributed by atoms with van der Waals surface area (Å²) in [6.07, 6.45) is 3.62. The quantitative estimate of drug-likeness (QED) is 0.487. The Labute approximate surface area is 199 Å². The number of amides is 1. The van der Waals surface area contributed by atoms with Crippen molar-refractivity contribution in [3.8, 4) is 16.9 Å². The van der Waals surface area contributed by atoms with Gasteiger partial charge >= 0.3 is 0 Å². The number of hydrogen-bond acceptors (Lipinski definition) is 5. The van der Waals surface area contributed by atoms with Crippen molar-refractivity contribution in [3.63, 3.8) is 0 Å². The number of rotatable bonds is 4. The van der Waals surface area contributed by atoms with Gasteiger partial charge in [0, 0.05) is 36.1 Å². The number of aromatic amines is 1. The zero-order valence-corrected chi connectivity index (χ0v) is 19.3. The van der Waals surface area contributed by atoms with E-state index < -0.39 is 17.2 Å². The lowest BCUT2D eigenvalue weighted by Gasteiger charge is -2.36. The Hall–Kier alpha value is -3.92. The first kappa shape index (κ1) is 22.9. The van der Waals surface area contributed by atoms with Gasteiger partial charge in [-0.2, -0.15) is 0 Å². The SMILES string of the molecule is CN(C)C1CCCN(C(=O)c2ccc(-n3cc(-c4cc5cc(F)c(F)cc5[nH]c4=O)nn3)cc2)C1. The number of likely N-dealkylation sites (tertiary alicyclic amines) is 1. The number of fused-ring (bicyclic) bond motifs is 1. The van der Waals surface area contributed by atoms with Gasteiger partial charge in [-0.05, 0) is 63.3 Å². The molecule has 5 rings (SSSR count). The van der Waals surface area contributed by atoms with Crippen LogP contribution < -0.4 is 5.56 Å². The summed E-state index contributed by atoms with van der Waals surface area (Å²) >= 11 is 0. The largest absolute Gasteiger partial charge is 0.337 e. The van der Waals surface area contributed by atoms with Crippen LogP contribution in [0.2, 0.25) is 0 Å². The zero-order valence-electron chi connectivity index (χ0n) is 19.3. The van der Waals surface area contributed by atoms with Crippen molar-refractivity contribution in [1.29, 1.82) is 0 Å². The van der Waals surface area contributed by atoms with E-state index in [4.69, 9.17) is 0 Å². The lowest BCUT2D eigenvalue weighted by atomic mass is 10.0. The number of carbonyl (C=O) groups excluding carboxylic acids is 1. The van der Waals surface area contributed by atoms with Crippen molar-refractivity contribution < 1.29 is 13.6 Å². The highest BCUT2D eigenvalue weighted by Gasteiger charge is 2.25. The topological polar surface area (TPSA) is 87.1 Å². The molecule has 1 fully saturated rings. The second-order valence-corrected chi connectivity index (χ2v) is 8.97. The molecule has 0 aliphatic carbocycles. The summed E-state index contributed by atoms with van der Waals surface area (Å²) in [6.45, 7) is 1.45. The van der Waals surface area contributed by atoms with Gasteiger partial charge in [-0.25, -0.2) is 13.5 Å². The molecular formula is C25H24F2N6O2. The minimum atomic E-state index is -1.04. The smallest absolute Gasteiger partial charge is 0.258 e. The molecule has 10 heteroatoms. The van der Waals surface area contributed by atoms with Crippen LogP contribution in [0.4, 0.5) is 8.78 Å². The lowest BCUT2D eigenvalue weighted by Crippen LogP contribution is -2.47. The lowest BCUT2D eigenvalue weighted by molar-refractivity contribution is 0.0635. The zero-order chi connectivity index (χ0) is 24.7. The molecule has 0 saturated carbocycles. The Morgan fingerprint density at radius 3 is 2.60 bits per heavy atom. The maximum Gasteiger partial charge on any atom is 0.258 e. The number of nitrogens with zero attached hydrogens (tertiary/aromatic N) is 5. The summed E-state index contributed by atoms with van der Waals surface area (Å²) in [7, 11) is 4.06. The van der Waals surface area contributed by atoms with Gasteiger partial charge in [-0.15, -0.1) is 5.10 Å². The van der Waals surface area contributed by atoms with Crippen LogP contribution in [0.3, 0.4) is 0 Å². The molecule has 0 bridgehead atoms. The summed E-state index contributed by atoms with van der Waals surface area (Å²) in [5, 5.41) is 8.50. The Bertz CT molecular complexity index is 1460. The molecule has 2 aromatic heterocycles. The number of hydrogen-bond donors (Lipinski definition) is 1. The van der Waals surface area contributed by atoms with Crippen molar-refractivity contribution in [1.82, 2.24) is 29.8 Å². The maximum absolute atomic E-state index is 13.6. The normalized spacial score (nSPS) is 16.3. The van der Waals surface area contributed by atoms with Crippen molar-refractivity contribution in [3.05, 3.63) is 76.2 Å². The number of benzene rings is 2. The Balaban J connectivity index is 1.37. The van der Waals surface area contributed by atoms with E-state index in [1.165, 1.54) is 10.7 Å². The molecule has 1 N–H and O–H groups in total. The second kappa shape index (κ2) is 9.03. The third-order valence-electron chi connectivity index (χ3n) is 6.45. The molecule has 2 aromatic carbocycles. The highest BCUT2D eigenvalue weighted by atomic mass is 19.2. The van der Waals surface area contributed by atoms with Gasteiger partial charge in [0.1, 0.15) is 5.69 Å². The third-order valence-corrected chi connectivity index (χ3v) is 6.45. The van der Waals surface area contributed by atoms with Gasteiger partial charge < -0.3 is 14.8 Å². The molecule has 1 atom stereocenters. The monoisotopic (exact) mass is 478 g/mol. The van der Waals surface area contributed by atoms with Gasteiger partial charge in [0.05, 0.1) is 23.0 Å².